The molecule has 0 bridgehead atoms. The van der Waals surface area contributed by atoms with Crippen LogP contribution in [0.3, 0.4) is 0 Å². The summed E-state index contributed by atoms with van der Waals surface area (Å²) in [6, 6.07) is 3.17. The molecule has 1 saturated heterocycles. The van der Waals surface area contributed by atoms with Crippen LogP contribution in [0.1, 0.15) is 10.4 Å². The van der Waals surface area contributed by atoms with E-state index in [-0.39, 0.29) is 16.5 Å². The standard InChI is InChI=1S/C17H18FN3O3S/c1-19-4-6-20(7-5-19)11-3-2-10-14(13(11)18)21-8-9-25-16(21)12(15(10)22)17(23)24/h2-3H,4-9H2,1H3,(H,23,24). The molecule has 1 aromatic carbocycles. The molecule has 0 unspecified atom stereocenters. The van der Waals surface area contributed by atoms with Gasteiger partial charge in [0.2, 0.25) is 5.43 Å². The molecule has 0 spiro atoms. The van der Waals surface area contributed by atoms with Gasteiger partial charge in [-0.05, 0) is 19.2 Å². The van der Waals surface area contributed by atoms with E-state index in [1.165, 1.54) is 11.8 Å². The summed E-state index contributed by atoms with van der Waals surface area (Å²) < 4.78 is 17.0. The molecular weight excluding hydrogens is 345 g/mol. The molecule has 1 aromatic heterocycles. The van der Waals surface area contributed by atoms with E-state index in [1.54, 1.807) is 16.7 Å². The van der Waals surface area contributed by atoms with Crippen molar-refractivity contribution in [3.63, 3.8) is 0 Å². The lowest BCUT2D eigenvalue weighted by molar-refractivity contribution is 0.0690. The van der Waals surface area contributed by atoms with Crippen LogP contribution in [-0.4, -0.2) is 59.5 Å². The number of halogens is 1. The zero-order valence-electron chi connectivity index (χ0n) is 13.8. The Hall–Kier alpha value is -2.06. The lowest BCUT2D eigenvalue weighted by Gasteiger charge is -2.34. The number of aromatic nitrogens is 1. The van der Waals surface area contributed by atoms with Crippen LogP contribution in [-0.2, 0) is 6.54 Å². The van der Waals surface area contributed by atoms with Crippen molar-refractivity contribution >= 4 is 34.3 Å². The average Bonchev–Trinajstić information content (AvgIpc) is 3.04. The Morgan fingerprint density at radius 2 is 1.92 bits per heavy atom. The summed E-state index contributed by atoms with van der Waals surface area (Å²) >= 11 is 1.30. The maximum atomic E-state index is 15.3. The molecule has 0 atom stereocenters. The van der Waals surface area contributed by atoms with E-state index in [4.69, 9.17) is 0 Å². The Labute approximate surface area is 147 Å². The van der Waals surface area contributed by atoms with Crippen molar-refractivity contribution in [2.45, 2.75) is 11.6 Å². The highest BCUT2D eigenvalue weighted by Gasteiger charge is 2.29. The monoisotopic (exact) mass is 363 g/mol. The van der Waals surface area contributed by atoms with Gasteiger partial charge in [-0.15, -0.1) is 11.8 Å². The Balaban J connectivity index is 1.95. The van der Waals surface area contributed by atoms with Crippen molar-refractivity contribution in [2.75, 3.05) is 43.9 Å². The van der Waals surface area contributed by atoms with Gasteiger partial charge in [-0.3, -0.25) is 4.79 Å². The molecule has 25 heavy (non-hydrogen) atoms. The number of thioether (sulfide) groups is 1. The summed E-state index contributed by atoms with van der Waals surface area (Å²) in [5, 5.41) is 9.91. The number of likely N-dealkylation sites (N-methyl/N-ethyl adjacent to an activating group) is 1. The first-order valence-electron chi connectivity index (χ1n) is 8.17. The van der Waals surface area contributed by atoms with Crippen molar-refractivity contribution in [1.82, 2.24) is 9.47 Å². The summed E-state index contributed by atoms with van der Waals surface area (Å²) in [4.78, 5) is 28.3. The summed E-state index contributed by atoms with van der Waals surface area (Å²) in [6.45, 7) is 3.64. The molecular formula is C17H18FN3O3S. The van der Waals surface area contributed by atoms with Crippen molar-refractivity contribution < 1.29 is 14.3 Å². The number of carboxylic acid groups (broad SMARTS) is 1. The van der Waals surface area contributed by atoms with Gasteiger partial charge in [0, 0.05) is 43.9 Å². The molecule has 8 heteroatoms. The van der Waals surface area contributed by atoms with Crippen LogP contribution in [0.4, 0.5) is 10.1 Å². The zero-order valence-corrected chi connectivity index (χ0v) is 14.6. The molecule has 0 aliphatic carbocycles. The summed E-state index contributed by atoms with van der Waals surface area (Å²) in [5.41, 5.74) is -0.144. The smallest absolute Gasteiger partial charge is 0.342 e. The van der Waals surface area contributed by atoms with E-state index in [0.717, 1.165) is 26.2 Å². The highest BCUT2D eigenvalue weighted by Crippen LogP contribution is 2.35. The minimum absolute atomic E-state index is 0.138. The van der Waals surface area contributed by atoms with Crippen LogP contribution in [0.25, 0.3) is 10.9 Å². The number of hydrogen-bond donors (Lipinski definition) is 1. The molecule has 2 aliphatic heterocycles. The fourth-order valence-electron chi connectivity index (χ4n) is 3.55. The number of aryl methyl sites for hydroxylation is 1. The highest BCUT2D eigenvalue weighted by molar-refractivity contribution is 7.99. The van der Waals surface area contributed by atoms with E-state index in [0.29, 0.717) is 23.0 Å². The second-order valence-electron chi connectivity index (χ2n) is 6.40. The van der Waals surface area contributed by atoms with Gasteiger partial charge >= 0.3 is 5.97 Å². The number of anilines is 1. The number of pyridine rings is 1. The number of piperazine rings is 1. The zero-order chi connectivity index (χ0) is 17.7. The Kier molecular flexibility index (Phi) is 3.96. The number of aromatic carboxylic acids is 1. The number of carboxylic acids is 1. The van der Waals surface area contributed by atoms with Crippen molar-refractivity contribution in [2.24, 2.45) is 0 Å². The summed E-state index contributed by atoms with van der Waals surface area (Å²) in [5.74, 6) is -1.05. The molecule has 6 nitrogen and oxygen atoms in total. The topological polar surface area (TPSA) is 65.8 Å². The molecule has 2 aliphatic rings. The number of rotatable bonds is 2. The first-order chi connectivity index (χ1) is 12.0. The average molecular weight is 363 g/mol. The number of carbonyl (C=O) groups is 1. The number of benzene rings is 1. The predicted octanol–water partition coefficient (Wildman–Crippen LogP) is 1.70. The second kappa shape index (κ2) is 6.03. The SMILES string of the molecule is CN1CCN(c2ccc3c(=O)c(C(=O)O)c4n(c3c2F)CCS4)CC1. The molecule has 0 amide bonds. The van der Waals surface area contributed by atoms with Crippen LogP contribution < -0.4 is 10.3 Å². The van der Waals surface area contributed by atoms with Crippen molar-refractivity contribution in [1.29, 1.82) is 0 Å². The van der Waals surface area contributed by atoms with Gasteiger partial charge in [0.1, 0.15) is 5.56 Å². The third-order valence-corrected chi connectivity index (χ3v) is 5.99. The fourth-order valence-corrected chi connectivity index (χ4v) is 4.68. The maximum Gasteiger partial charge on any atom is 0.342 e. The Morgan fingerprint density at radius 1 is 1.20 bits per heavy atom. The molecule has 1 fully saturated rings. The van der Waals surface area contributed by atoms with Crippen LogP contribution in [0.2, 0.25) is 0 Å². The van der Waals surface area contributed by atoms with Gasteiger partial charge < -0.3 is 19.5 Å². The van der Waals surface area contributed by atoms with E-state index in [2.05, 4.69) is 4.90 Å². The third-order valence-electron chi connectivity index (χ3n) is 4.91. The molecule has 1 N–H and O–H groups in total. The number of fused-ring (bicyclic) bond motifs is 3. The van der Waals surface area contributed by atoms with E-state index >= 15 is 4.39 Å². The van der Waals surface area contributed by atoms with E-state index in [9.17, 15) is 14.7 Å². The Bertz CT molecular complexity index is 935. The first kappa shape index (κ1) is 16.4. The van der Waals surface area contributed by atoms with Crippen molar-refractivity contribution in [3.05, 3.63) is 33.7 Å². The largest absolute Gasteiger partial charge is 0.477 e. The fraction of sp³-hybridized carbons (Fsp3) is 0.412. The predicted molar refractivity (Wildman–Crippen MR) is 95.6 cm³/mol. The van der Waals surface area contributed by atoms with Gasteiger partial charge in [-0.2, -0.15) is 0 Å². The minimum atomic E-state index is -1.26. The molecule has 0 saturated carbocycles. The molecule has 132 valence electrons. The van der Waals surface area contributed by atoms with E-state index < -0.39 is 17.2 Å². The molecule has 3 heterocycles. The van der Waals surface area contributed by atoms with Gasteiger partial charge in [0.05, 0.1) is 16.2 Å². The number of hydrogen-bond acceptors (Lipinski definition) is 5. The Morgan fingerprint density at radius 3 is 2.60 bits per heavy atom. The first-order valence-corrected chi connectivity index (χ1v) is 9.16. The summed E-state index contributed by atoms with van der Waals surface area (Å²) in [7, 11) is 2.03. The third kappa shape index (κ3) is 2.51. The van der Waals surface area contributed by atoms with Gasteiger partial charge in [0.25, 0.3) is 0 Å². The molecule has 0 radical (unpaired) electrons. The van der Waals surface area contributed by atoms with Gasteiger partial charge in [-0.1, -0.05) is 0 Å². The van der Waals surface area contributed by atoms with Crippen LogP contribution in [0.5, 0.6) is 0 Å². The van der Waals surface area contributed by atoms with Crippen molar-refractivity contribution in [3.8, 4) is 0 Å². The van der Waals surface area contributed by atoms with Crippen LogP contribution in [0, 0.1) is 5.82 Å². The minimum Gasteiger partial charge on any atom is -0.477 e. The normalized spacial score (nSPS) is 17.9. The number of nitrogens with zero attached hydrogens (tertiary/aromatic N) is 3. The molecule has 2 aromatic rings. The highest BCUT2D eigenvalue weighted by atomic mass is 32.2. The van der Waals surface area contributed by atoms with E-state index in [1.807, 2.05) is 11.9 Å². The van der Waals surface area contributed by atoms with Crippen LogP contribution >= 0.6 is 11.8 Å². The molecule has 4 rings (SSSR count). The van der Waals surface area contributed by atoms with Gasteiger partial charge in [0.15, 0.2) is 5.82 Å². The second-order valence-corrected chi connectivity index (χ2v) is 7.48. The van der Waals surface area contributed by atoms with Gasteiger partial charge in [-0.25, -0.2) is 9.18 Å². The van der Waals surface area contributed by atoms with Crippen LogP contribution in [0.15, 0.2) is 22.0 Å². The summed E-state index contributed by atoms with van der Waals surface area (Å²) in [6.07, 6.45) is 0. The lowest BCUT2D eigenvalue weighted by Crippen LogP contribution is -2.44. The maximum absolute atomic E-state index is 15.3. The quantitative estimate of drug-likeness (QED) is 0.876. The lowest BCUT2D eigenvalue weighted by atomic mass is 10.1.